The number of hydrogen-bond donors (Lipinski definition) is 1. The number of ether oxygens (including phenoxy) is 2. The van der Waals surface area contributed by atoms with Crippen molar-refractivity contribution in [2.75, 3.05) is 45.7 Å². The van der Waals surface area contributed by atoms with Crippen LogP contribution in [0, 0.1) is 5.92 Å². The molecule has 0 saturated carbocycles. The molecule has 29 heavy (non-hydrogen) atoms. The standard InChI is InChI=1S/C21H28N6O2/c1-28-17-6-2-5-16-18(17)23-21(22)27-20(16)24-19(25-27)15-4-3-9-26(13-15)12-14-7-10-29-11-8-14/h2,5-6,14-15H,3-4,7-13H2,1H3,(H2,22,23)/t15-/m1/s1. The van der Waals surface area contributed by atoms with Crippen LogP contribution in [0.4, 0.5) is 5.95 Å². The fourth-order valence-electron chi connectivity index (χ4n) is 4.71. The number of benzene rings is 1. The number of methoxy groups -OCH3 is 1. The van der Waals surface area contributed by atoms with Gasteiger partial charge in [0.15, 0.2) is 11.5 Å². The van der Waals surface area contributed by atoms with Crippen LogP contribution in [0.1, 0.15) is 37.4 Å². The van der Waals surface area contributed by atoms with Gasteiger partial charge in [-0.3, -0.25) is 0 Å². The van der Waals surface area contributed by atoms with Crippen molar-refractivity contribution in [1.29, 1.82) is 0 Å². The molecule has 5 rings (SSSR count). The molecule has 0 unspecified atom stereocenters. The number of likely N-dealkylation sites (tertiary alicyclic amines) is 1. The van der Waals surface area contributed by atoms with E-state index in [1.807, 2.05) is 18.2 Å². The molecule has 2 aromatic heterocycles. The molecule has 2 fully saturated rings. The van der Waals surface area contributed by atoms with E-state index in [0.717, 1.165) is 67.6 Å². The average Bonchev–Trinajstić information content (AvgIpc) is 3.21. The maximum atomic E-state index is 6.21. The molecule has 0 radical (unpaired) electrons. The van der Waals surface area contributed by atoms with Crippen LogP contribution in [-0.4, -0.2) is 64.4 Å². The van der Waals surface area contributed by atoms with Gasteiger partial charge in [-0.2, -0.15) is 4.52 Å². The Balaban J connectivity index is 1.44. The van der Waals surface area contributed by atoms with E-state index in [4.69, 9.17) is 25.3 Å². The number of aromatic nitrogens is 4. The molecule has 0 aliphatic carbocycles. The topological polar surface area (TPSA) is 90.8 Å². The highest BCUT2D eigenvalue weighted by atomic mass is 16.5. The third-order valence-corrected chi connectivity index (χ3v) is 6.25. The van der Waals surface area contributed by atoms with Gasteiger partial charge < -0.3 is 20.1 Å². The molecule has 1 aromatic carbocycles. The van der Waals surface area contributed by atoms with E-state index < -0.39 is 0 Å². The van der Waals surface area contributed by atoms with E-state index in [9.17, 15) is 0 Å². The molecule has 2 aliphatic rings. The first-order chi connectivity index (χ1) is 14.2. The van der Waals surface area contributed by atoms with Crippen molar-refractivity contribution < 1.29 is 9.47 Å². The monoisotopic (exact) mass is 396 g/mol. The van der Waals surface area contributed by atoms with E-state index in [1.165, 1.54) is 19.3 Å². The summed E-state index contributed by atoms with van der Waals surface area (Å²) in [5.74, 6) is 2.97. The Morgan fingerprint density at radius 1 is 1.21 bits per heavy atom. The van der Waals surface area contributed by atoms with E-state index in [0.29, 0.717) is 17.6 Å². The summed E-state index contributed by atoms with van der Waals surface area (Å²) in [6.07, 6.45) is 4.62. The van der Waals surface area contributed by atoms with Gasteiger partial charge in [-0.1, -0.05) is 6.07 Å². The van der Waals surface area contributed by atoms with Crippen LogP contribution in [0.25, 0.3) is 16.6 Å². The Hall–Kier alpha value is -2.45. The second-order valence-corrected chi connectivity index (χ2v) is 8.19. The number of nitrogen functional groups attached to an aromatic ring is 1. The number of hydrogen-bond acceptors (Lipinski definition) is 7. The van der Waals surface area contributed by atoms with Crippen LogP contribution in [0.3, 0.4) is 0 Å². The quantitative estimate of drug-likeness (QED) is 0.724. The number of rotatable bonds is 4. The summed E-state index contributed by atoms with van der Waals surface area (Å²) in [6, 6.07) is 5.83. The van der Waals surface area contributed by atoms with E-state index in [1.54, 1.807) is 11.6 Å². The molecule has 0 bridgehead atoms. The molecule has 2 N–H and O–H groups in total. The Kier molecular flexibility index (Phi) is 4.97. The Labute approximate surface area is 170 Å². The summed E-state index contributed by atoms with van der Waals surface area (Å²) in [5, 5.41) is 5.66. The van der Waals surface area contributed by atoms with Crippen LogP contribution in [0.5, 0.6) is 5.75 Å². The fraction of sp³-hybridized carbons (Fsp3) is 0.571. The maximum Gasteiger partial charge on any atom is 0.223 e. The Morgan fingerprint density at radius 2 is 2.07 bits per heavy atom. The summed E-state index contributed by atoms with van der Waals surface area (Å²) in [7, 11) is 1.64. The lowest BCUT2D eigenvalue weighted by Gasteiger charge is -2.35. The second kappa shape index (κ2) is 7.76. The molecule has 1 atom stereocenters. The van der Waals surface area contributed by atoms with Gasteiger partial charge in [0.1, 0.15) is 11.3 Å². The van der Waals surface area contributed by atoms with E-state index >= 15 is 0 Å². The van der Waals surface area contributed by atoms with Gasteiger partial charge in [-0.15, -0.1) is 5.10 Å². The van der Waals surface area contributed by atoms with Crippen molar-refractivity contribution in [2.24, 2.45) is 5.92 Å². The normalized spacial score (nSPS) is 21.8. The fourth-order valence-corrected chi connectivity index (χ4v) is 4.71. The minimum atomic E-state index is 0.323. The van der Waals surface area contributed by atoms with Crippen molar-refractivity contribution in [3.8, 4) is 5.75 Å². The molecule has 4 heterocycles. The Morgan fingerprint density at radius 3 is 2.90 bits per heavy atom. The third-order valence-electron chi connectivity index (χ3n) is 6.25. The average molecular weight is 396 g/mol. The first-order valence-electron chi connectivity index (χ1n) is 10.5. The summed E-state index contributed by atoms with van der Waals surface area (Å²) in [5.41, 5.74) is 7.69. The molecule has 8 heteroatoms. The number of nitrogens with zero attached hydrogens (tertiary/aromatic N) is 5. The van der Waals surface area contributed by atoms with Gasteiger partial charge in [0.25, 0.3) is 0 Å². The first-order valence-corrected chi connectivity index (χ1v) is 10.5. The first kappa shape index (κ1) is 18.6. The van der Waals surface area contributed by atoms with Crippen molar-refractivity contribution in [1.82, 2.24) is 24.5 Å². The summed E-state index contributed by atoms with van der Waals surface area (Å²) in [4.78, 5) is 12.0. The number of anilines is 1. The summed E-state index contributed by atoms with van der Waals surface area (Å²) in [6.45, 7) is 5.11. The third kappa shape index (κ3) is 3.51. The smallest absolute Gasteiger partial charge is 0.223 e. The van der Waals surface area contributed by atoms with Crippen molar-refractivity contribution in [3.63, 3.8) is 0 Å². The largest absolute Gasteiger partial charge is 0.494 e. The molecule has 0 spiro atoms. The van der Waals surface area contributed by atoms with Gasteiger partial charge >= 0.3 is 0 Å². The summed E-state index contributed by atoms with van der Waals surface area (Å²) < 4.78 is 12.6. The zero-order chi connectivity index (χ0) is 19.8. The van der Waals surface area contributed by atoms with Crippen LogP contribution in [0.2, 0.25) is 0 Å². The highest BCUT2D eigenvalue weighted by molar-refractivity contribution is 5.95. The molecule has 2 aliphatic heterocycles. The van der Waals surface area contributed by atoms with Gasteiger partial charge in [-0.05, 0) is 50.3 Å². The molecule has 154 valence electrons. The number of nitrogens with two attached hydrogens (primary N) is 1. The van der Waals surface area contributed by atoms with Gasteiger partial charge in [0.2, 0.25) is 5.95 Å². The van der Waals surface area contributed by atoms with Crippen molar-refractivity contribution in [2.45, 2.75) is 31.6 Å². The zero-order valence-corrected chi connectivity index (χ0v) is 16.9. The lowest BCUT2D eigenvalue weighted by molar-refractivity contribution is 0.0480. The predicted octanol–water partition coefficient (Wildman–Crippen LogP) is 2.47. The van der Waals surface area contributed by atoms with Crippen LogP contribution < -0.4 is 10.5 Å². The predicted molar refractivity (Wildman–Crippen MR) is 111 cm³/mol. The van der Waals surface area contributed by atoms with Crippen LogP contribution >= 0.6 is 0 Å². The van der Waals surface area contributed by atoms with Crippen molar-refractivity contribution >= 4 is 22.5 Å². The minimum Gasteiger partial charge on any atom is -0.494 e. The lowest BCUT2D eigenvalue weighted by Crippen LogP contribution is -2.39. The van der Waals surface area contributed by atoms with E-state index in [-0.39, 0.29) is 0 Å². The second-order valence-electron chi connectivity index (χ2n) is 8.19. The van der Waals surface area contributed by atoms with Crippen molar-refractivity contribution in [3.05, 3.63) is 24.0 Å². The van der Waals surface area contributed by atoms with Crippen LogP contribution in [0.15, 0.2) is 18.2 Å². The van der Waals surface area contributed by atoms with Gasteiger partial charge in [-0.25, -0.2) is 9.97 Å². The van der Waals surface area contributed by atoms with Gasteiger partial charge in [0, 0.05) is 37.6 Å². The van der Waals surface area contributed by atoms with Gasteiger partial charge in [0.05, 0.1) is 7.11 Å². The number of para-hydroxylation sites is 1. The zero-order valence-electron chi connectivity index (χ0n) is 16.9. The lowest BCUT2D eigenvalue weighted by atomic mass is 9.94. The highest BCUT2D eigenvalue weighted by Crippen LogP contribution is 2.31. The molecule has 3 aromatic rings. The number of piperidine rings is 1. The SMILES string of the molecule is COc1cccc2c1nc(N)n1nc([C@@H]3CCCN(CC4CCOCC4)C3)nc21. The van der Waals surface area contributed by atoms with E-state index in [2.05, 4.69) is 9.88 Å². The molecule has 8 nitrogen and oxygen atoms in total. The maximum absolute atomic E-state index is 6.21. The minimum absolute atomic E-state index is 0.323. The molecule has 2 saturated heterocycles. The number of fused-ring (bicyclic) bond motifs is 3. The molecular weight excluding hydrogens is 368 g/mol. The van der Waals surface area contributed by atoms with Crippen LogP contribution in [-0.2, 0) is 4.74 Å². The summed E-state index contributed by atoms with van der Waals surface area (Å²) >= 11 is 0. The molecular formula is C21H28N6O2. The Bertz CT molecular complexity index is 1010. The highest BCUT2D eigenvalue weighted by Gasteiger charge is 2.27. The molecule has 0 amide bonds.